The van der Waals surface area contributed by atoms with Gasteiger partial charge in [-0.1, -0.05) is 6.58 Å². The molecule has 0 bridgehead atoms. The van der Waals surface area contributed by atoms with Crippen molar-refractivity contribution in [1.82, 2.24) is 4.98 Å². The van der Waals surface area contributed by atoms with Crippen LogP contribution in [-0.2, 0) is 16.1 Å². The number of carbonyl (C=O) groups excluding carboxylic acids is 1. The summed E-state index contributed by atoms with van der Waals surface area (Å²) in [5, 5.41) is 2.63. The van der Waals surface area contributed by atoms with E-state index < -0.39 is 11.8 Å². The predicted molar refractivity (Wildman–Crippen MR) is 90.8 cm³/mol. The second-order valence-electron chi connectivity index (χ2n) is 6.33. The molecule has 2 rings (SSSR count). The summed E-state index contributed by atoms with van der Waals surface area (Å²) >= 11 is 0. The third-order valence-corrected chi connectivity index (χ3v) is 4.44. The highest BCUT2D eigenvalue weighted by molar-refractivity contribution is 5.98. The number of nitrogens with one attached hydrogen (secondary N) is 1. The molecule has 0 saturated heterocycles. The van der Waals surface area contributed by atoms with Gasteiger partial charge in [-0.2, -0.15) is 0 Å². The SMILES string of the molecule is C=CC(=O)Nc1cnc(OC)c(COC2CCC(C(C)(F)F)CC2)c1. The molecule has 5 nitrogen and oxygen atoms in total. The Bertz CT molecular complexity index is 609. The molecule has 0 unspecified atom stereocenters. The van der Waals surface area contributed by atoms with Gasteiger partial charge in [0.15, 0.2) is 0 Å². The van der Waals surface area contributed by atoms with Crippen molar-refractivity contribution in [2.75, 3.05) is 12.4 Å². The molecule has 0 spiro atoms. The number of methoxy groups -OCH3 is 1. The summed E-state index contributed by atoms with van der Waals surface area (Å²) in [6, 6.07) is 1.72. The van der Waals surface area contributed by atoms with Crippen LogP contribution in [0.15, 0.2) is 24.9 Å². The Hall–Kier alpha value is -2.02. The topological polar surface area (TPSA) is 60.5 Å². The van der Waals surface area contributed by atoms with Gasteiger partial charge < -0.3 is 14.8 Å². The monoisotopic (exact) mass is 354 g/mol. The Kier molecular flexibility index (Phi) is 6.47. The first-order valence-corrected chi connectivity index (χ1v) is 8.29. The number of amides is 1. The zero-order valence-electron chi connectivity index (χ0n) is 14.6. The van der Waals surface area contributed by atoms with E-state index in [-0.39, 0.29) is 18.6 Å². The van der Waals surface area contributed by atoms with Crippen LogP contribution in [0.1, 0.15) is 38.2 Å². The van der Waals surface area contributed by atoms with E-state index >= 15 is 0 Å². The number of nitrogens with zero attached hydrogens (tertiary/aromatic N) is 1. The number of pyridine rings is 1. The van der Waals surface area contributed by atoms with Crippen molar-refractivity contribution in [3.63, 3.8) is 0 Å². The van der Waals surface area contributed by atoms with Gasteiger partial charge in [0, 0.05) is 11.5 Å². The van der Waals surface area contributed by atoms with Crippen molar-refractivity contribution in [1.29, 1.82) is 0 Å². The Morgan fingerprint density at radius 2 is 2.12 bits per heavy atom. The molecule has 1 aromatic heterocycles. The maximum absolute atomic E-state index is 13.4. The number of hydrogen-bond acceptors (Lipinski definition) is 4. The summed E-state index contributed by atoms with van der Waals surface area (Å²) in [6.45, 7) is 4.62. The second-order valence-corrected chi connectivity index (χ2v) is 6.33. The third-order valence-electron chi connectivity index (χ3n) is 4.44. The number of halogens is 2. The minimum Gasteiger partial charge on any atom is -0.481 e. The first kappa shape index (κ1) is 19.3. The van der Waals surface area contributed by atoms with Gasteiger partial charge >= 0.3 is 0 Å². The van der Waals surface area contributed by atoms with Crippen molar-refractivity contribution in [2.45, 2.75) is 51.2 Å². The first-order chi connectivity index (χ1) is 11.8. The van der Waals surface area contributed by atoms with Crippen molar-refractivity contribution >= 4 is 11.6 Å². The Labute approximate surface area is 146 Å². The molecule has 1 saturated carbocycles. The Balaban J connectivity index is 1.94. The van der Waals surface area contributed by atoms with Gasteiger partial charge in [-0.05, 0) is 44.7 Å². The number of hydrogen-bond donors (Lipinski definition) is 1. The fourth-order valence-corrected chi connectivity index (χ4v) is 2.99. The summed E-state index contributed by atoms with van der Waals surface area (Å²) in [7, 11) is 1.50. The number of anilines is 1. The van der Waals surface area contributed by atoms with Gasteiger partial charge in [0.1, 0.15) is 0 Å². The number of carbonyl (C=O) groups is 1. The number of rotatable bonds is 7. The van der Waals surface area contributed by atoms with Gasteiger partial charge in [-0.15, -0.1) is 0 Å². The van der Waals surface area contributed by atoms with Crippen LogP contribution in [0, 0.1) is 5.92 Å². The molecule has 0 radical (unpaired) electrons. The van der Waals surface area contributed by atoms with Crippen molar-refractivity contribution < 1.29 is 23.0 Å². The van der Waals surface area contributed by atoms with E-state index in [0.717, 1.165) is 6.92 Å². The maximum atomic E-state index is 13.4. The van der Waals surface area contributed by atoms with Gasteiger partial charge in [0.2, 0.25) is 17.7 Å². The zero-order chi connectivity index (χ0) is 18.4. The molecular formula is C18H24F2N2O3. The average Bonchev–Trinajstić information content (AvgIpc) is 2.59. The van der Waals surface area contributed by atoms with E-state index in [0.29, 0.717) is 42.8 Å². The van der Waals surface area contributed by atoms with E-state index in [4.69, 9.17) is 9.47 Å². The molecule has 1 heterocycles. The van der Waals surface area contributed by atoms with Gasteiger partial charge in [-0.3, -0.25) is 4.79 Å². The van der Waals surface area contributed by atoms with Crippen molar-refractivity contribution in [2.24, 2.45) is 5.92 Å². The summed E-state index contributed by atoms with van der Waals surface area (Å²) in [5.74, 6) is -3.13. The minimum atomic E-state index is -2.63. The lowest BCUT2D eigenvalue weighted by Crippen LogP contribution is -2.31. The lowest BCUT2D eigenvalue weighted by molar-refractivity contribution is -0.111. The quantitative estimate of drug-likeness (QED) is 0.754. The van der Waals surface area contributed by atoms with Crippen LogP contribution in [-0.4, -0.2) is 30.0 Å². The summed E-state index contributed by atoms with van der Waals surface area (Å²) in [4.78, 5) is 15.5. The van der Waals surface area contributed by atoms with Crippen LogP contribution < -0.4 is 10.1 Å². The molecule has 1 aromatic rings. The number of ether oxygens (including phenoxy) is 2. The fraction of sp³-hybridized carbons (Fsp3) is 0.556. The highest BCUT2D eigenvalue weighted by atomic mass is 19.3. The largest absolute Gasteiger partial charge is 0.481 e. The smallest absolute Gasteiger partial charge is 0.248 e. The van der Waals surface area contributed by atoms with Crippen LogP contribution in [0.4, 0.5) is 14.5 Å². The molecule has 138 valence electrons. The van der Waals surface area contributed by atoms with Crippen molar-refractivity contribution in [3.8, 4) is 5.88 Å². The van der Waals surface area contributed by atoms with E-state index in [1.165, 1.54) is 19.4 Å². The fourth-order valence-electron chi connectivity index (χ4n) is 2.99. The molecule has 1 aliphatic rings. The van der Waals surface area contributed by atoms with Gasteiger partial charge in [0.05, 0.1) is 31.7 Å². The molecule has 1 aliphatic carbocycles. The standard InChI is InChI=1S/C18H24F2N2O3/c1-4-16(23)22-14-9-12(17(24-3)21-10-14)11-25-15-7-5-13(6-8-15)18(2,19)20/h4,9-10,13,15H,1,5-8,11H2,2-3H3,(H,22,23). The molecule has 7 heteroatoms. The van der Waals surface area contributed by atoms with E-state index in [1.807, 2.05) is 0 Å². The molecule has 0 aliphatic heterocycles. The Morgan fingerprint density at radius 3 is 2.68 bits per heavy atom. The molecule has 0 atom stereocenters. The van der Waals surface area contributed by atoms with Gasteiger partial charge in [-0.25, -0.2) is 13.8 Å². The molecule has 1 N–H and O–H groups in total. The van der Waals surface area contributed by atoms with Crippen LogP contribution in [0.25, 0.3) is 0 Å². The lowest BCUT2D eigenvalue weighted by atomic mass is 9.84. The molecule has 1 fully saturated rings. The second kappa shape index (κ2) is 8.38. The van der Waals surface area contributed by atoms with Crippen LogP contribution in [0.3, 0.4) is 0 Å². The highest BCUT2D eigenvalue weighted by Gasteiger charge is 2.37. The predicted octanol–water partition coefficient (Wildman–Crippen LogP) is 3.95. The molecule has 1 amide bonds. The van der Waals surface area contributed by atoms with Gasteiger partial charge in [0.25, 0.3) is 0 Å². The average molecular weight is 354 g/mol. The van der Waals surface area contributed by atoms with Crippen LogP contribution in [0.2, 0.25) is 0 Å². The summed E-state index contributed by atoms with van der Waals surface area (Å²) in [6.07, 6.45) is 4.72. The van der Waals surface area contributed by atoms with Crippen LogP contribution >= 0.6 is 0 Å². The van der Waals surface area contributed by atoms with E-state index in [1.54, 1.807) is 6.07 Å². The van der Waals surface area contributed by atoms with E-state index in [2.05, 4.69) is 16.9 Å². The normalized spacial score (nSPS) is 20.8. The van der Waals surface area contributed by atoms with E-state index in [9.17, 15) is 13.6 Å². The number of alkyl halides is 2. The van der Waals surface area contributed by atoms with Crippen molar-refractivity contribution in [3.05, 3.63) is 30.5 Å². The summed E-state index contributed by atoms with van der Waals surface area (Å²) < 4.78 is 37.8. The third kappa shape index (κ3) is 5.49. The number of aromatic nitrogens is 1. The molecular weight excluding hydrogens is 330 g/mol. The summed E-state index contributed by atoms with van der Waals surface area (Å²) in [5.41, 5.74) is 1.20. The Morgan fingerprint density at radius 1 is 1.44 bits per heavy atom. The molecule has 25 heavy (non-hydrogen) atoms. The maximum Gasteiger partial charge on any atom is 0.248 e. The van der Waals surface area contributed by atoms with Crippen LogP contribution in [0.5, 0.6) is 5.88 Å². The highest BCUT2D eigenvalue weighted by Crippen LogP contribution is 2.37. The molecule has 0 aromatic carbocycles. The zero-order valence-corrected chi connectivity index (χ0v) is 14.6. The lowest BCUT2D eigenvalue weighted by Gasteiger charge is -2.31. The first-order valence-electron chi connectivity index (χ1n) is 8.29. The minimum absolute atomic E-state index is 0.0604.